The highest BCUT2D eigenvalue weighted by Crippen LogP contribution is 2.30. The number of aromatic nitrogens is 1. The largest absolute Gasteiger partial charge is 0.497 e. The average Bonchev–Trinajstić information content (AvgIpc) is 2.82. The van der Waals surface area contributed by atoms with E-state index < -0.39 is 0 Å². The van der Waals surface area contributed by atoms with Crippen LogP contribution < -0.4 is 15.0 Å². The van der Waals surface area contributed by atoms with Gasteiger partial charge in [-0.2, -0.15) is 0 Å². The second-order valence-electron chi connectivity index (χ2n) is 7.10. The van der Waals surface area contributed by atoms with Crippen LogP contribution in [0.1, 0.15) is 11.1 Å². The molecule has 4 aromatic rings. The number of benzene rings is 3. The fourth-order valence-electron chi connectivity index (χ4n) is 3.47. The number of pyridine rings is 1. The molecule has 0 atom stereocenters. The number of nitrogens with zero attached hydrogens (tertiary/aromatic N) is 2. The lowest BCUT2D eigenvalue weighted by atomic mass is 10.1. The highest BCUT2D eigenvalue weighted by Gasteiger charge is 2.15. The van der Waals surface area contributed by atoms with Gasteiger partial charge in [0.25, 0.3) is 5.56 Å². The van der Waals surface area contributed by atoms with E-state index in [-0.39, 0.29) is 18.0 Å². The summed E-state index contributed by atoms with van der Waals surface area (Å²) in [6.45, 7) is 0.203. The number of aromatic hydroxyl groups is 1. The Morgan fingerprint density at radius 3 is 2.38 bits per heavy atom. The summed E-state index contributed by atoms with van der Waals surface area (Å²) in [6, 6.07) is 19.6. The molecule has 7 heteroatoms. The molecule has 0 spiro atoms. The number of ether oxygens (including phenoxy) is 2. The summed E-state index contributed by atoms with van der Waals surface area (Å²) in [5, 5.41) is 12.6. The van der Waals surface area contributed by atoms with Gasteiger partial charge in [0, 0.05) is 17.0 Å². The lowest BCUT2D eigenvalue weighted by Crippen LogP contribution is -2.22. The van der Waals surface area contributed by atoms with Crippen LogP contribution in [-0.2, 0) is 6.54 Å². The summed E-state index contributed by atoms with van der Waals surface area (Å²) in [4.78, 5) is 17.6. The number of hydrogen-bond donors (Lipinski definition) is 1. The Morgan fingerprint density at radius 1 is 1.00 bits per heavy atom. The lowest BCUT2D eigenvalue weighted by molar-refractivity contribution is 0.412. The topological polar surface area (TPSA) is 73.1 Å². The molecule has 0 saturated heterocycles. The maximum Gasteiger partial charge on any atom is 0.261 e. The Kier molecular flexibility index (Phi) is 6.14. The molecule has 0 aliphatic heterocycles. The van der Waals surface area contributed by atoms with Gasteiger partial charge in [-0.25, -0.2) is 0 Å². The number of rotatable bonds is 6. The Balaban J connectivity index is 1.81. The van der Waals surface area contributed by atoms with E-state index in [1.165, 1.54) is 4.57 Å². The van der Waals surface area contributed by atoms with Gasteiger partial charge in [0.15, 0.2) is 0 Å². The number of fused-ring (bicyclic) bond motifs is 1. The van der Waals surface area contributed by atoms with E-state index in [1.54, 1.807) is 56.8 Å². The molecule has 0 bridgehead atoms. The van der Waals surface area contributed by atoms with Gasteiger partial charge in [-0.15, -0.1) is 0 Å². The summed E-state index contributed by atoms with van der Waals surface area (Å²) in [6.07, 6.45) is 1.54. The second-order valence-corrected chi connectivity index (χ2v) is 7.51. The SMILES string of the molecule is COc1ccc(Cn2c(O)c(C=Nc3ccc(OC)c(Cl)c3)c3ccccc3c2=O)cc1. The Labute approximate surface area is 189 Å². The summed E-state index contributed by atoms with van der Waals surface area (Å²) >= 11 is 6.19. The van der Waals surface area contributed by atoms with Gasteiger partial charge in [0.2, 0.25) is 5.88 Å². The summed E-state index contributed by atoms with van der Waals surface area (Å²) < 4.78 is 11.7. The first-order valence-electron chi connectivity index (χ1n) is 9.87. The molecule has 4 rings (SSSR count). The van der Waals surface area contributed by atoms with Crippen molar-refractivity contribution in [2.24, 2.45) is 4.99 Å². The normalized spacial score (nSPS) is 11.2. The molecule has 1 heterocycles. The van der Waals surface area contributed by atoms with Crippen LogP contribution in [0.15, 0.2) is 76.5 Å². The minimum absolute atomic E-state index is 0.159. The number of halogens is 1. The monoisotopic (exact) mass is 448 g/mol. The van der Waals surface area contributed by atoms with Crippen molar-refractivity contribution in [3.63, 3.8) is 0 Å². The molecule has 1 N–H and O–H groups in total. The van der Waals surface area contributed by atoms with E-state index in [0.29, 0.717) is 32.8 Å². The molecule has 0 aliphatic carbocycles. The zero-order valence-electron chi connectivity index (χ0n) is 17.6. The molecule has 0 saturated carbocycles. The molecular weight excluding hydrogens is 428 g/mol. The second kappa shape index (κ2) is 9.16. The van der Waals surface area contributed by atoms with Crippen molar-refractivity contribution >= 4 is 34.3 Å². The first kappa shape index (κ1) is 21.5. The van der Waals surface area contributed by atoms with Crippen LogP contribution in [0.5, 0.6) is 17.4 Å². The zero-order chi connectivity index (χ0) is 22.7. The zero-order valence-corrected chi connectivity index (χ0v) is 18.3. The number of aliphatic imine (C=N–C) groups is 1. The fourth-order valence-corrected chi connectivity index (χ4v) is 3.73. The predicted octanol–water partition coefficient (Wildman–Crippen LogP) is 5.18. The number of hydrogen-bond acceptors (Lipinski definition) is 5. The summed E-state index contributed by atoms with van der Waals surface area (Å²) in [5.74, 6) is 1.11. The Hall–Kier alpha value is -3.77. The van der Waals surface area contributed by atoms with Crippen molar-refractivity contribution < 1.29 is 14.6 Å². The van der Waals surface area contributed by atoms with E-state index in [1.807, 2.05) is 30.3 Å². The van der Waals surface area contributed by atoms with Gasteiger partial charge in [-0.3, -0.25) is 14.4 Å². The summed E-state index contributed by atoms with van der Waals surface area (Å²) in [7, 11) is 3.14. The molecule has 0 unspecified atom stereocenters. The smallest absolute Gasteiger partial charge is 0.261 e. The predicted molar refractivity (Wildman–Crippen MR) is 127 cm³/mol. The van der Waals surface area contributed by atoms with Crippen molar-refractivity contribution in [2.75, 3.05) is 14.2 Å². The van der Waals surface area contributed by atoms with Crippen LogP contribution in [0.4, 0.5) is 5.69 Å². The van der Waals surface area contributed by atoms with Crippen molar-refractivity contribution in [1.29, 1.82) is 0 Å². The molecule has 3 aromatic carbocycles. The van der Waals surface area contributed by atoms with Crippen LogP contribution in [0.25, 0.3) is 10.8 Å². The maximum absolute atomic E-state index is 13.1. The standard InChI is InChI=1S/C25H21ClN2O4/c1-31-18-10-7-16(8-11-18)15-28-24(29)20-6-4-3-5-19(20)21(25(28)30)14-27-17-9-12-23(32-2)22(26)13-17/h3-14,30H,15H2,1-2H3. The van der Waals surface area contributed by atoms with Gasteiger partial charge < -0.3 is 14.6 Å². The third kappa shape index (κ3) is 4.18. The van der Waals surface area contributed by atoms with Gasteiger partial charge in [-0.1, -0.05) is 41.9 Å². The highest BCUT2D eigenvalue weighted by atomic mass is 35.5. The van der Waals surface area contributed by atoms with Crippen LogP contribution in [-0.4, -0.2) is 30.1 Å². The van der Waals surface area contributed by atoms with Crippen LogP contribution >= 0.6 is 11.6 Å². The van der Waals surface area contributed by atoms with E-state index in [4.69, 9.17) is 21.1 Å². The van der Waals surface area contributed by atoms with Crippen molar-refractivity contribution in [2.45, 2.75) is 6.54 Å². The van der Waals surface area contributed by atoms with Crippen LogP contribution in [0, 0.1) is 0 Å². The molecular formula is C25H21ClN2O4. The molecule has 0 radical (unpaired) electrons. The average molecular weight is 449 g/mol. The molecule has 6 nitrogen and oxygen atoms in total. The first-order valence-corrected chi connectivity index (χ1v) is 10.2. The third-order valence-corrected chi connectivity index (χ3v) is 5.46. The number of methoxy groups -OCH3 is 2. The molecule has 0 aliphatic rings. The van der Waals surface area contributed by atoms with Gasteiger partial charge >= 0.3 is 0 Å². The van der Waals surface area contributed by atoms with E-state index >= 15 is 0 Å². The molecule has 162 valence electrons. The third-order valence-electron chi connectivity index (χ3n) is 5.17. The Morgan fingerprint density at radius 2 is 1.72 bits per heavy atom. The molecule has 1 aromatic heterocycles. The highest BCUT2D eigenvalue weighted by molar-refractivity contribution is 6.32. The first-order chi connectivity index (χ1) is 15.5. The van der Waals surface area contributed by atoms with E-state index in [2.05, 4.69) is 4.99 Å². The lowest BCUT2D eigenvalue weighted by Gasteiger charge is -2.14. The van der Waals surface area contributed by atoms with E-state index in [9.17, 15) is 9.90 Å². The summed E-state index contributed by atoms with van der Waals surface area (Å²) in [5.41, 5.74) is 1.61. The van der Waals surface area contributed by atoms with Gasteiger partial charge in [-0.05, 0) is 42.0 Å². The fraction of sp³-hybridized carbons (Fsp3) is 0.120. The van der Waals surface area contributed by atoms with Crippen LogP contribution in [0.2, 0.25) is 5.02 Å². The van der Waals surface area contributed by atoms with Crippen molar-refractivity contribution in [3.8, 4) is 17.4 Å². The minimum atomic E-state index is -0.279. The quantitative estimate of drug-likeness (QED) is 0.413. The molecule has 32 heavy (non-hydrogen) atoms. The van der Waals surface area contributed by atoms with E-state index in [0.717, 1.165) is 11.3 Å². The van der Waals surface area contributed by atoms with Crippen molar-refractivity contribution in [3.05, 3.63) is 93.2 Å². The molecule has 0 fully saturated rings. The van der Waals surface area contributed by atoms with Crippen LogP contribution in [0.3, 0.4) is 0 Å². The minimum Gasteiger partial charge on any atom is -0.497 e. The Bertz CT molecular complexity index is 1360. The molecule has 0 amide bonds. The van der Waals surface area contributed by atoms with Gasteiger partial charge in [0.05, 0.1) is 37.0 Å². The van der Waals surface area contributed by atoms with Crippen molar-refractivity contribution in [1.82, 2.24) is 4.57 Å². The van der Waals surface area contributed by atoms with Gasteiger partial charge in [0.1, 0.15) is 11.5 Å². The maximum atomic E-state index is 13.1.